The summed E-state index contributed by atoms with van der Waals surface area (Å²) in [6.45, 7) is 0.601. The van der Waals surface area contributed by atoms with Crippen LogP contribution in [0.3, 0.4) is 0 Å². The number of H-pyrrole nitrogens is 1. The van der Waals surface area contributed by atoms with Crippen molar-refractivity contribution in [3.8, 4) is 5.75 Å². The number of rotatable bonds is 8. The van der Waals surface area contributed by atoms with Crippen LogP contribution in [0.1, 0.15) is 37.3 Å². The molecule has 2 saturated carbocycles. The SMILES string of the molecule is COc1ccc(CN(C(=O)CSc2n[nH]c(=O)n2C2CC2)C2CC2)cc1. The monoisotopic (exact) mass is 374 g/mol. The number of benzene rings is 1. The Morgan fingerprint density at radius 3 is 2.65 bits per heavy atom. The van der Waals surface area contributed by atoms with E-state index in [2.05, 4.69) is 10.2 Å². The van der Waals surface area contributed by atoms with Crippen molar-refractivity contribution in [1.29, 1.82) is 0 Å². The normalized spacial score (nSPS) is 16.5. The summed E-state index contributed by atoms with van der Waals surface area (Å²) in [4.78, 5) is 26.6. The van der Waals surface area contributed by atoms with E-state index < -0.39 is 0 Å². The standard InChI is InChI=1S/C18H22N4O3S/c1-25-15-8-2-12(3-9-15)10-21(13-4-5-13)16(23)11-26-18-20-19-17(24)22(18)14-6-7-14/h2-3,8-9,13-14H,4-7,10-11H2,1H3,(H,19,24). The number of thioether (sulfide) groups is 1. The van der Waals surface area contributed by atoms with Crippen molar-refractivity contribution < 1.29 is 9.53 Å². The van der Waals surface area contributed by atoms with E-state index >= 15 is 0 Å². The molecule has 0 spiro atoms. The molecule has 0 radical (unpaired) electrons. The van der Waals surface area contributed by atoms with Crippen LogP contribution in [0.4, 0.5) is 0 Å². The van der Waals surface area contributed by atoms with Crippen molar-refractivity contribution in [2.24, 2.45) is 0 Å². The van der Waals surface area contributed by atoms with Crippen LogP contribution in [0.25, 0.3) is 0 Å². The molecule has 1 aromatic heterocycles. The van der Waals surface area contributed by atoms with Gasteiger partial charge in [0.05, 0.1) is 12.9 Å². The summed E-state index contributed by atoms with van der Waals surface area (Å²) in [6.07, 6.45) is 4.13. The molecule has 4 rings (SSSR count). The molecule has 138 valence electrons. The van der Waals surface area contributed by atoms with Crippen LogP contribution < -0.4 is 10.4 Å². The Morgan fingerprint density at radius 1 is 1.31 bits per heavy atom. The number of ether oxygens (including phenoxy) is 1. The van der Waals surface area contributed by atoms with Gasteiger partial charge < -0.3 is 9.64 Å². The molecule has 0 unspecified atom stereocenters. The second kappa shape index (κ2) is 7.19. The van der Waals surface area contributed by atoms with E-state index in [0.717, 1.165) is 37.0 Å². The largest absolute Gasteiger partial charge is 0.497 e. The third-order valence-corrected chi connectivity index (χ3v) is 5.67. The maximum atomic E-state index is 12.8. The van der Waals surface area contributed by atoms with E-state index in [1.165, 1.54) is 11.8 Å². The number of carbonyl (C=O) groups is 1. The summed E-state index contributed by atoms with van der Waals surface area (Å²) in [5, 5.41) is 7.19. The first kappa shape index (κ1) is 17.2. The lowest BCUT2D eigenvalue weighted by molar-refractivity contribution is -0.129. The molecule has 26 heavy (non-hydrogen) atoms. The molecule has 2 fully saturated rings. The molecule has 7 nitrogen and oxygen atoms in total. The lowest BCUT2D eigenvalue weighted by Crippen LogP contribution is -2.34. The number of amides is 1. The summed E-state index contributed by atoms with van der Waals surface area (Å²) >= 11 is 1.34. The molecule has 1 amide bonds. The number of carbonyl (C=O) groups excluding carboxylic acids is 1. The molecule has 0 saturated heterocycles. The van der Waals surface area contributed by atoms with E-state index in [-0.39, 0.29) is 17.6 Å². The molecule has 2 aliphatic rings. The van der Waals surface area contributed by atoms with E-state index in [1.807, 2.05) is 29.2 Å². The molecule has 0 bridgehead atoms. The van der Waals surface area contributed by atoms with Gasteiger partial charge >= 0.3 is 5.69 Å². The number of nitrogens with one attached hydrogen (secondary N) is 1. The van der Waals surface area contributed by atoms with Crippen LogP contribution in [0.5, 0.6) is 5.75 Å². The van der Waals surface area contributed by atoms with Gasteiger partial charge in [-0.15, -0.1) is 5.10 Å². The summed E-state index contributed by atoms with van der Waals surface area (Å²) < 4.78 is 6.87. The quantitative estimate of drug-likeness (QED) is 0.717. The lowest BCUT2D eigenvalue weighted by Gasteiger charge is -2.22. The minimum atomic E-state index is -0.181. The van der Waals surface area contributed by atoms with Gasteiger partial charge in [-0.2, -0.15) is 0 Å². The summed E-state index contributed by atoms with van der Waals surface area (Å²) in [6, 6.07) is 8.39. The maximum Gasteiger partial charge on any atom is 0.344 e. The predicted molar refractivity (Wildman–Crippen MR) is 98.4 cm³/mol. The van der Waals surface area contributed by atoms with Crippen LogP contribution >= 0.6 is 11.8 Å². The summed E-state index contributed by atoms with van der Waals surface area (Å²) in [5.41, 5.74) is 0.908. The van der Waals surface area contributed by atoms with E-state index in [4.69, 9.17) is 4.74 Å². The Kier molecular flexibility index (Phi) is 4.76. The van der Waals surface area contributed by atoms with E-state index in [1.54, 1.807) is 11.7 Å². The molecule has 2 aromatic rings. The number of hydrogen-bond donors (Lipinski definition) is 1. The van der Waals surface area contributed by atoms with Crippen LogP contribution in [0.2, 0.25) is 0 Å². The van der Waals surface area contributed by atoms with Crippen molar-refractivity contribution in [3.05, 3.63) is 40.3 Å². The zero-order valence-corrected chi connectivity index (χ0v) is 15.5. The molecule has 1 N–H and O–H groups in total. The Balaban J connectivity index is 1.40. The molecule has 8 heteroatoms. The molecule has 1 aromatic carbocycles. The van der Waals surface area contributed by atoms with Crippen molar-refractivity contribution in [1.82, 2.24) is 19.7 Å². The summed E-state index contributed by atoms with van der Waals surface area (Å²) in [5.74, 6) is 1.19. The first-order valence-electron chi connectivity index (χ1n) is 8.88. The average molecular weight is 374 g/mol. The fourth-order valence-electron chi connectivity index (χ4n) is 2.99. The Morgan fingerprint density at radius 2 is 2.04 bits per heavy atom. The molecule has 2 aliphatic carbocycles. The van der Waals surface area contributed by atoms with Crippen molar-refractivity contribution >= 4 is 17.7 Å². The van der Waals surface area contributed by atoms with E-state index in [0.29, 0.717) is 23.5 Å². The molecule has 1 heterocycles. The number of methoxy groups -OCH3 is 1. The zero-order valence-electron chi connectivity index (χ0n) is 14.7. The van der Waals surface area contributed by atoms with Crippen LogP contribution in [0.15, 0.2) is 34.2 Å². The van der Waals surface area contributed by atoms with Gasteiger partial charge in [-0.25, -0.2) is 9.89 Å². The van der Waals surface area contributed by atoms with Gasteiger partial charge in [0, 0.05) is 18.6 Å². The highest BCUT2D eigenvalue weighted by Gasteiger charge is 2.33. The fraction of sp³-hybridized carbons (Fsp3) is 0.500. The van der Waals surface area contributed by atoms with Gasteiger partial charge in [-0.3, -0.25) is 9.36 Å². The molecule has 0 aliphatic heterocycles. The second-order valence-corrected chi connectivity index (χ2v) is 7.74. The molecule has 0 atom stereocenters. The average Bonchev–Trinajstić information content (AvgIpc) is 3.57. The Bertz CT molecular complexity index is 837. The van der Waals surface area contributed by atoms with Gasteiger partial charge in [-0.1, -0.05) is 23.9 Å². The fourth-order valence-corrected chi connectivity index (χ4v) is 3.89. The number of aromatic amines is 1. The minimum Gasteiger partial charge on any atom is -0.497 e. The van der Waals surface area contributed by atoms with Crippen molar-refractivity contribution in [2.45, 2.75) is 49.5 Å². The van der Waals surface area contributed by atoms with Gasteiger partial charge in [0.15, 0.2) is 5.16 Å². The predicted octanol–water partition coefficient (Wildman–Crippen LogP) is 2.20. The van der Waals surface area contributed by atoms with Crippen molar-refractivity contribution in [2.75, 3.05) is 12.9 Å². The van der Waals surface area contributed by atoms with Gasteiger partial charge in [0.2, 0.25) is 5.91 Å². The maximum absolute atomic E-state index is 12.8. The number of nitrogens with zero attached hydrogens (tertiary/aromatic N) is 3. The molecular formula is C18H22N4O3S. The summed E-state index contributed by atoms with van der Waals surface area (Å²) in [7, 11) is 1.64. The number of aromatic nitrogens is 3. The first-order valence-corrected chi connectivity index (χ1v) is 9.86. The lowest BCUT2D eigenvalue weighted by atomic mass is 10.2. The van der Waals surface area contributed by atoms with Crippen molar-refractivity contribution in [3.63, 3.8) is 0 Å². The van der Waals surface area contributed by atoms with Gasteiger partial charge in [0.25, 0.3) is 0 Å². The van der Waals surface area contributed by atoms with Gasteiger partial charge in [0.1, 0.15) is 5.75 Å². The minimum absolute atomic E-state index is 0.0890. The van der Waals surface area contributed by atoms with Crippen LogP contribution in [0, 0.1) is 0 Å². The highest BCUT2D eigenvalue weighted by atomic mass is 32.2. The topological polar surface area (TPSA) is 80.2 Å². The highest BCUT2D eigenvalue weighted by Crippen LogP contribution is 2.36. The zero-order chi connectivity index (χ0) is 18.1. The third kappa shape index (κ3) is 3.80. The smallest absolute Gasteiger partial charge is 0.344 e. The second-order valence-electron chi connectivity index (χ2n) is 6.80. The first-order chi connectivity index (χ1) is 12.7. The van der Waals surface area contributed by atoms with Gasteiger partial charge in [-0.05, 0) is 43.4 Å². The highest BCUT2D eigenvalue weighted by molar-refractivity contribution is 7.99. The van der Waals surface area contributed by atoms with Crippen LogP contribution in [-0.2, 0) is 11.3 Å². The third-order valence-electron chi connectivity index (χ3n) is 4.73. The Labute approximate surface area is 155 Å². The Hall–Kier alpha value is -2.22. The van der Waals surface area contributed by atoms with E-state index in [9.17, 15) is 9.59 Å². The number of hydrogen-bond acceptors (Lipinski definition) is 5. The van der Waals surface area contributed by atoms with Crippen LogP contribution in [-0.4, -0.2) is 44.5 Å². The molecular weight excluding hydrogens is 352 g/mol.